The lowest BCUT2D eigenvalue weighted by Crippen LogP contribution is -2.38. The first-order valence-corrected chi connectivity index (χ1v) is 6.24. The van der Waals surface area contributed by atoms with E-state index in [1.165, 1.54) is 18.5 Å². The summed E-state index contributed by atoms with van der Waals surface area (Å²) in [5.41, 5.74) is 1.77. The predicted molar refractivity (Wildman–Crippen MR) is 64.3 cm³/mol. The largest absolute Gasteiger partial charge is 0.383 e. The van der Waals surface area contributed by atoms with E-state index >= 15 is 0 Å². The molecule has 0 aliphatic carbocycles. The summed E-state index contributed by atoms with van der Waals surface area (Å²) < 4.78 is 0. The highest BCUT2D eigenvalue weighted by atomic mass is 16.3. The van der Waals surface area contributed by atoms with Gasteiger partial charge in [0.2, 0.25) is 0 Å². The first kappa shape index (κ1) is 10.3. The summed E-state index contributed by atoms with van der Waals surface area (Å²) in [6.45, 7) is 4.30. The summed E-state index contributed by atoms with van der Waals surface area (Å²) in [4.78, 5) is 2.44. The molecule has 16 heavy (non-hydrogen) atoms. The van der Waals surface area contributed by atoms with Crippen LogP contribution in [-0.4, -0.2) is 29.1 Å². The highest BCUT2D eigenvalue weighted by Gasteiger charge is 2.48. The zero-order valence-corrected chi connectivity index (χ0v) is 9.82. The molecule has 1 aromatic carbocycles. The van der Waals surface area contributed by atoms with Crippen LogP contribution >= 0.6 is 0 Å². The molecule has 2 aliphatic rings. The summed E-state index contributed by atoms with van der Waals surface area (Å²) in [6.07, 6.45) is 3.27. The van der Waals surface area contributed by atoms with Crippen molar-refractivity contribution in [3.63, 3.8) is 0 Å². The van der Waals surface area contributed by atoms with Gasteiger partial charge in [-0.15, -0.1) is 0 Å². The fourth-order valence-electron chi connectivity index (χ4n) is 3.29. The molecule has 0 spiro atoms. The second-order valence-electron chi connectivity index (χ2n) is 5.23. The number of aliphatic hydroxyl groups is 1. The van der Waals surface area contributed by atoms with E-state index in [2.05, 4.69) is 36.1 Å². The van der Waals surface area contributed by atoms with Gasteiger partial charge >= 0.3 is 0 Å². The van der Waals surface area contributed by atoms with Gasteiger partial charge < -0.3 is 5.11 Å². The molecule has 0 amide bonds. The van der Waals surface area contributed by atoms with Gasteiger partial charge in [0.25, 0.3) is 0 Å². The number of hydrogen-bond acceptors (Lipinski definition) is 2. The standard InChI is InChI=1S/C14H19NO/c1-11-4-6-12(7-5-11)14(16)8-10-15-9-2-3-13(14)15/h4-7,13,16H,2-3,8-10H2,1H3. The number of aryl methyl sites for hydroxylation is 1. The summed E-state index contributed by atoms with van der Waals surface area (Å²) in [7, 11) is 0. The Balaban J connectivity index is 1.95. The lowest BCUT2D eigenvalue weighted by molar-refractivity contribution is 0.00937. The zero-order chi connectivity index (χ0) is 11.2. The minimum Gasteiger partial charge on any atom is -0.383 e. The Labute approximate surface area is 96.9 Å². The van der Waals surface area contributed by atoms with E-state index in [1.807, 2.05) is 0 Å². The Bertz CT molecular complexity index is 386. The minimum absolute atomic E-state index is 0.357. The molecule has 3 rings (SSSR count). The summed E-state index contributed by atoms with van der Waals surface area (Å²) in [6, 6.07) is 8.75. The Hall–Kier alpha value is -0.860. The van der Waals surface area contributed by atoms with Gasteiger partial charge in [-0.05, 0) is 38.3 Å². The van der Waals surface area contributed by atoms with Crippen LogP contribution in [0.2, 0.25) is 0 Å². The molecule has 0 aromatic heterocycles. The van der Waals surface area contributed by atoms with Crippen LogP contribution in [0, 0.1) is 6.92 Å². The number of hydrogen-bond donors (Lipinski definition) is 1. The van der Waals surface area contributed by atoms with Crippen molar-refractivity contribution in [2.75, 3.05) is 13.1 Å². The average Bonchev–Trinajstić information content (AvgIpc) is 2.85. The van der Waals surface area contributed by atoms with Crippen LogP contribution in [0.1, 0.15) is 30.4 Å². The molecule has 0 radical (unpaired) electrons. The lowest BCUT2D eigenvalue weighted by atomic mass is 9.85. The van der Waals surface area contributed by atoms with Crippen LogP contribution in [0.5, 0.6) is 0 Å². The van der Waals surface area contributed by atoms with Gasteiger partial charge in [0.1, 0.15) is 5.60 Å². The zero-order valence-electron chi connectivity index (χ0n) is 9.82. The molecule has 2 atom stereocenters. The van der Waals surface area contributed by atoms with Gasteiger partial charge in [0, 0.05) is 12.6 Å². The maximum atomic E-state index is 10.9. The van der Waals surface area contributed by atoms with E-state index in [-0.39, 0.29) is 0 Å². The van der Waals surface area contributed by atoms with E-state index in [0.29, 0.717) is 6.04 Å². The second-order valence-corrected chi connectivity index (χ2v) is 5.23. The Morgan fingerprint density at radius 1 is 1.25 bits per heavy atom. The third-order valence-corrected chi connectivity index (χ3v) is 4.25. The van der Waals surface area contributed by atoms with Crippen LogP contribution in [0.15, 0.2) is 24.3 Å². The molecule has 1 aromatic rings. The second kappa shape index (κ2) is 3.57. The molecular weight excluding hydrogens is 198 g/mol. The molecular formula is C14H19NO. The van der Waals surface area contributed by atoms with Gasteiger partial charge in [-0.3, -0.25) is 4.90 Å². The normalized spacial score (nSPS) is 34.2. The molecule has 1 N–H and O–H groups in total. The van der Waals surface area contributed by atoms with Crippen molar-refractivity contribution < 1.29 is 5.11 Å². The van der Waals surface area contributed by atoms with Gasteiger partial charge in [-0.2, -0.15) is 0 Å². The molecule has 2 heteroatoms. The number of fused-ring (bicyclic) bond motifs is 1. The Morgan fingerprint density at radius 3 is 2.75 bits per heavy atom. The predicted octanol–water partition coefficient (Wildman–Crippen LogP) is 2.05. The first-order valence-electron chi connectivity index (χ1n) is 6.24. The number of benzene rings is 1. The van der Waals surface area contributed by atoms with Crippen molar-refractivity contribution in [3.8, 4) is 0 Å². The highest BCUT2D eigenvalue weighted by Crippen LogP contribution is 2.42. The molecule has 2 saturated heterocycles. The third kappa shape index (κ3) is 1.40. The van der Waals surface area contributed by atoms with Gasteiger partial charge in [0.05, 0.1) is 0 Å². The van der Waals surface area contributed by atoms with E-state index in [9.17, 15) is 5.11 Å². The van der Waals surface area contributed by atoms with E-state index < -0.39 is 5.60 Å². The van der Waals surface area contributed by atoms with Crippen molar-refractivity contribution in [3.05, 3.63) is 35.4 Å². The van der Waals surface area contributed by atoms with Crippen molar-refractivity contribution in [2.24, 2.45) is 0 Å². The van der Waals surface area contributed by atoms with Gasteiger partial charge in [-0.25, -0.2) is 0 Å². The smallest absolute Gasteiger partial charge is 0.106 e. The molecule has 2 nitrogen and oxygen atoms in total. The van der Waals surface area contributed by atoms with Crippen LogP contribution < -0.4 is 0 Å². The van der Waals surface area contributed by atoms with Crippen molar-refractivity contribution in [2.45, 2.75) is 37.8 Å². The molecule has 0 saturated carbocycles. The first-order chi connectivity index (χ1) is 7.70. The number of nitrogens with zero attached hydrogens (tertiary/aromatic N) is 1. The summed E-state index contributed by atoms with van der Waals surface area (Å²) in [5.74, 6) is 0. The fraction of sp³-hybridized carbons (Fsp3) is 0.571. The van der Waals surface area contributed by atoms with Crippen molar-refractivity contribution >= 4 is 0 Å². The maximum absolute atomic E-state index is 10.9. The van der Waals surface area contributed by atoms with Gasteiger partial charge in [-0.1, -0.05) is 29.8 Å². The van der Waals surface area contributed by atoms with Crippen LogP contribution in [0.25, 0.3) is 0 Å². The lowest BCUT2D eigenvalue weighted by Gasteiger charge is -2.30. The fourth-order valence-corrected chi connectivity index (χ4v) is 3.29. The SMILES string of the molecule is Cc1ccc(C2(O)CCN3CCCC32)cc1. The van der Waals surface area contributed by atoms with E-state index in [0.717, 1.165) is 24.9 Å². The van der Waals surface area contributed by atoms with Crippen molar-refractivity contribution in [1.82, 2.24) is 4.90 Å². The van der Waals surface area contributed by atoms with Crippen LogP contribution in [0.3, 0.4) is 0 Å². The Morgan fingerprint density at radius 2 is 2.00 bits per heavy atom. The van der Waals surface area contributed by atoms with E-state index in [4.69, 9.17) is 0 Å². The maximum Gasteiger partial charge on any atom is 0.106 e. The topological polar surface area (TPSA) is 23.5 Å². The monoisotopic (exact) mass is 217 g/mol. The molecule has 2 unspecified atom stereocenters. The minimum atomic E-state index is -0.593. The molecule has 0 bridgehead atoms. The van der Waals surface area contributed by atoms with Crippen LogP contribution in [0.4, 0.5) is 0 Å². The van der Waals surface area contributed by atoms with Crippen LogP contribution in [-0.2, 0) is 5.60 Å². The summed E-state index contributed by atoms with van der Waals surface area (Å²) >= 11 is 0. The van der Waals surface area contributed by atoms with Crippen molar-refractivity contribution in [1.29, 1.82) is 0 Å². The molecule has 2 fully saturated rings. The Kier molecular flexibility index (Phi) is 2.30. The third-order valence-electron chi connectivity index (χ3n) is 4.25. The summed E-state index contributed by atoms with van der Waals surface area (Å²) in [5, 5.41) is 10.9. The molecule has 2 aliphatic heterocycles. The van der Waals surface area contributed by atoms with Gasteiger partial charge in [0.15, 0.2) is 0 Å². The average molecular weight is 217 g/mol. The molecule has 2 heterocycles. The number of rotatable bonds is 1. The van der Waals surface area contributed by atoms with E-state index in [1.54, 1.807) is 0 Å². The quantitative estimate of drug-likeness (QED) is 0.778. The highest BCUT2D eigenvalue weighted by molar-refractivity contribution is 5.30. The molecule has 86 valence electrons.